The fourth-order valence-corrected chi connectivity index (χ4v) is 4.74. The van der Waals surface area contributed by atoms with Gasteiger partial charge in [0.2, 0.25) is 5.43 Å². The molecule has 2 saturated heterocycles. The fourth-order valence-electron chi connectivity index (χ4n) is 4.74. The van der Waals surface area contributed by atoms with Crippen molar-refractivity contribution in [1.82, 2.24) is 9.88 Å². The Morgan fingerprint density at radius 1 is 1.21 bits per heavy atom. The zero-order valence-electron chi connectivity index (χ0n) is 15.7. The number of nitrogens with zero attached hydrogens (tertiary/aromatic N) is 2. The van der Waals surface area contributed by atoms with Gasteiger partial charge in [-0.1, -0.05) is 0 Å². The van der Waals surface area contributed by atoms with Crippen LogP contribution in [0, 0.1) is 17.6 Å². The second kappa shape index (κ2) is 7.25. The van der Waals surface area contributed by atoms with Crippen molar-refractivity contribution < 1.29 is 18.7 Å². The van der Waals surface area contributed by atoms with Crippen LogP contribution in [0.1, 0.15) is 42.1 Å². The number of carboxylic acid groups (broad SMARTS) is 1. The van der Waals surface area contributed by atoms with Crippen molar-refractivity contribution in [2.45, 2.75) is 37.8 Å². The first-order chi connectivity index (χ1) is 13.5. The van der Waals surface area contributed by atoms with Gasteiger partial charge in [0.1, 0.15) is 17.1 Å². The molecule has 156 valence electrons. The Hall–Kier alpha value is -2.19. The monoisotopic (exact) mass is 425 g/mol. The van der Waals surface area contributed by atoms with E-state index in [1.54, 1.807) is 4.90 Å². The molecule has 1 saturated carbocycles. The first-order valence-electron chi connectivity index (χ1n) is 9.74. The number of nitrogens with one attached hydrogen (secondary N) is 1. The average molecular weight is 426 g/mol. The maximum Gasteiger partial charge on any atom is 0.341 e. The number of anilines is 1. The smallest absolute Gasteiger partial charge is 0.341 e. The topological polar surface area (TPSA) is 74.6 Å². The third-order valence-corrected chi connectivity index (χ3v) is 6.27. The summed E-state index contributed by atoms with van der Waals surface area (Å²) in [5.41, 5.74) is -1.40. The molecule has 3 aliphatic rings. The maximum atomic E-state index is 15.6. The minimum absolute atomic E-state index is 0. The molecule has 0 unspecified atom stereocenters. The van der Waals surface area contributed by atoms with E-state index in [2.05, 4.69) is 5.32 Å². The first kappa shape index (κ1) is 20.1. The van der Waals surface area contributed by atoms with Crippen molar-refractivity contribution >= 4 is 35.0 Å². The van der Waals surface area contributed by atoms with Crippen LogP contribution in [-0.4, -0.2) is 41.3 Å². The number of fused-ring (bicyclic) bond motifs is 2. The maximum absolute atomic E-state index is 15.6. The van der Waals surface area contributed by atoms with Gasteiger partial charge in [-0.25, -0.2) is 13.6 Å². The molecule has 9 heteroatoms. The molecule has 1 aromatic carbocycles. The number of rotatable bonds is 3. The van der Waals surface area contributed by atoms with Gasteiger partial charge < -0.3 is 19.9 Å². The first-order valence-corrected chi connectivity index (χ1v) is 9.74. The highest BCUT2D eigenvalue weighted by molar-refractivity contribution is 5.94. The van der Waals surface area contributed by atoms with Crippen LogP contribution >= 0.6 is 12.4 Å². The Bertz CT molecular complexity index is 1040. The molecule has 0 spiro atoms. The highest BCUT2D eigenvalue weighted by Crippen LogP contribution is 2.40. The molecule has 0 radical (unpaired) electrons. The molecule has 5 rings (SSSR count). The molecular formula is C20H22ClF2N3O3. The van der Waals surface area contributed by atoms with E-state index in [9.17, 15) is 19.1 Å². The van der Waals surface area contributed by atoms with E-state index in [1.807, 2.05) is 0 Å². The predicted octanol–water partition coefficient (Wildman–Crippen LogP) is 2.92. The summed E-state index contributed by atoms with van der Waals surface area (Å²) >= 11 is 0. The lowest BCUT2D eigenvalue weighted by molar-refractivity contribution is 0.0695. The van der Waals surface area contributed by atoms with E-state index in [-0.39, 0.29) is 41.1 Å². The van der Waals surface area contributed by atoms with Crippen LogP contribution in [0.4, 0.5) is 14.5 Å². The van der Waals surface area contributed by atoms with Crippen molar-refractivity contribution in [3.63, 3.8) is 0 Å². The number of pyridine rings is 1. The molecular weight excluding hydrogens is 404 g/mol. The highest BCUT2D eigenvalue weighted by Gasteiger charge is 2.38. The summed E-state index contributed by atoms with van der Waals surface area (Å²) in [5, 5.41) is 12.5. The van der Waals surface area contributed by atoms with Gasteiger partial charge in [-0.3, -0.25) is 4.79 Å². The molecule has 2 N–H and O–H groups in total. The minimum Gasteiger partial charge on any atom is -0.477 e. The van der Waals surface area contributed by atoms with E-state index in [0.717, 1.165) is 38.3 Å². The standard InChI is InChI=1S/C20H21F2N3O3.ClH/c21-14-6-12-17(25(11-3-4-11)8-13(19(12)26)20(27)28)16(22)18(14)24-7-10-2-1-5-23-15(10)9-24;/h6,8,10-11,15,23H,1-5,7,9H2,(H,27,28);1H/t10-,15+;/m0./s1. The molecule has 3 fully saturated rings. The van der Waals surface area contributed by atoms with Crippen LogP contribution in [0.15, 0.2) is 17.1 Å². The highest BCUT2D eigenvalue weighted by atomic mass is 35.5. The average Bonchev–Trinajstić information content (AvgIpc) is 3.41. The van der Waals surface area contributed by atoms with Crippen LogP contribution in [0.2, 0.25) is 0 Å². The number of piperidine rings is 1. The van der Waals surface area contributed by atoms with Gasteiger partial charge in [-0.2, -0.15) is 0 Å². The SMILES string of the molecule is Cl.O=C(O)c1cn(C2CC2)c2c(F)c(N3C[C@@H]4CCCN[C@@H]4C3)c(F)cc2c1=O. The second-order valence-electron chi connectivity index (χ2n) is 8.10. The minimum atomic E-state index is -1.39. The van der Waals surface area contributed by atoms with Gasteiger partial charge in [0, 0.05) is 31.4 Å². The molecule has 29 heavy (non-hydrogen) atoms. The van der Waals surface area contributed by atoms with Crippen LogP contribution in [0.25, 0.3) is 10.9 Å². The van der Waals surface area contributed by atoms with Crippen LogP contribution in [-0.2, 0) is 0 Å². The van der Waals surface area contributed by atoms with Crippen LogP contribution in [0.5, 0.6) is 0 Å². The molecule has 2 aromatic rings. The van der Waals surface area contributed by atoms with Crippen LogP contribution < -0.4 is 15.6 Å². The van der Waals surface area contributed by atoms with Gasteiger partial charge in [0.15, 0.2) is 5.82 Å². The Morgan fingerprint density at radius 3 is 2.62 bits per heavy atom. The van der Waals surface area contributed by atoms with Gasteiger partial charge in [0.05, 0.1) is 10.9 Å². The van der Waals surface area contributed by atoms with E-state index < -0.39 is 28.6 Å². The van der Waals surface area contributed by atoms with E-state index in [4.69, 9.17) is 0 Å². The lowest BCUT2D eigenvalue weighted by atomic mass is 9.94. The third-order valence-electron chi connectivity index (χ3n) is 6.27. The summed E-state index contributed by atoms with van der Waals surface area (Å²) in [4.78, 5) is 25.7. The molecule has 2 aliphatic heterocycles. The van der Waals surface area contributed by atoms with Gasteiger partial charge >= 0.3 is 5.97 Å². The Labute approximate surface area is 171 Å². The molecule has 0 bridgehead atoms. The number of aromatic nitrogens is 1. The van der Waals surface area contributed by atoms with E-state index >= 15 is 4.39 Å². The number of hydrogen-bond acceptors (Lipinski definition) is 4. The Morgan fingerprint density at radius 2 is 1.97 bits per heavy atom. The molecule has 1 aromatic heterocycles. The molecule has 0 amide bonds. The second-order valence-corrected chi connectivity index (χ2v) is 8.10. The lowest BCUT2D eigenvalue weighted by Crippen LogP contribution is -2.40. The zero-order valence-corrected chi connectivity index (χ0v) is 16.5. The normalized spacial score (nSPS) is 23.7. The summed E-state index contributed by atoms with van der Waals surface area (Å²) in [5.74, 6) is -2.62. The number of aromatic carboxylic acids is 1. The molecule has 1 aliphatic carbocycles. The number of halogens is 3. The summed E-state index contributed by atoms with van der Waals surface area (Å²) in [6, 6.07) is 1.16. The van der Waals surface area contributed by atoms with Crippen molar-refractivity contribution in [3.8, 4) is 0 Å². The summed E-state index contributed by atoms with van der Waals surface area (Å²) in [6.07, 6.45) is 4.85. The van der Waals surface area contributed by atoms with Gasteiger partial charge in [-0.15, -0.1) is 12.4 Å². The molecule has 2 atom stereocenters. The van der Waals surface area contributed by atoms with Crippen molar-refractivity contribution in [1.29, 1.82) is 0 Å². The Kier molecular flexibility index (Phi) is 5.02. The van der Waals surface area contributed by atoms with Crippen molar-refractivity contribution in [2.24, 2.45) is 5.92 Å². The summed E-state index contributed by atoms with van der Waals surface area (Å²) in [7, 11) is 0. The van der Waals surface area contributed by atoms with Crippen molar-refractivity contribution in [2.75, 3.05) is 24.5 Å². The quantitative estimate of drug-likeness (QED) is 0.791. The van der Waals surface area contributed by atoms with E-state index in [1.165, 1.54) is 10.8 Å². The van der Waals surface area contributed by atoms with Gasteiger partial charge in [-0.05, 0) is 44.2 Å². The zero-order chi connectivity index (χ0) is 19.6. The largest absolute Gasteiger partial charge is 0.477 e. The Balaban J connectivity index is 0.00000205. The van der Waals surface area contributed by atoms with Gasteiger partial charge in [0.25, 0.3) is 0 Å². The third kappa shape index (κ3) is 3.18. The number of carboxylic acids is 1. The fraction of sp³-hybridized carbons (Fsp3) is 0.500. The van der Waals surface area contributed by atoms with E-state index in [0.29, 0.717) is 19.0 Å². The number of carbonyl (C=O) groups is 1. The summed E-state index contributed by atoms with van der Waals surface area (Å²) < 4.78 is 32.1. The van der Waals surface area contributed by atoms with Crippen LogP contribution in [0.3, 0.4) is 0 Å². The summed E-state index contributed by atoms with van der Waals surface area (Å²) in [6.45, 7) is 2.00. The lowest BCUT2D eigenvalue weighted by Gasteiger charge is -2.24. The van der Waals surface area contributed by atoms with Crippen molar-refractivity contribution in [3.05, 3.63) is 39.7 Å². The number of benzene rings is 1. The predicted molar refractivity (Wildman–Crippen MR) is 107 cm³/mol. The molecule has 6 nitrogen and oxygen atoms in total. The number of hydrogen-bond donors (Lipinski definition) is 2. The molecule has 3 heterocycles.